The van der Waals surface area contributed by atoms with E-state index in [0.717, 1.165) is 11.1 Å². The summed E-state index contributed by atoms with van der Waals surface area (Å²) in [6.45, 7) is -0.0608. The zero-order chi connectivity index (χ0) is 31.0. The summed E-state index contributed by atoms with van der Waals surface area (Å²) >= 11 is 0. The van der Waals surface area contributed by atoms with Gasteiger partial charge in [0, 0.05) is 24.7 Å². The third kappa shape index (κ3) is 5.69. The molecule has 2 amide bonds. The molecule has 14 heteroatoms. The molecular formula is C31H29N7O7. The number of aromatic nitrogens is 3. The van der Waals surface area contributed by atoms with Crippen molar-refractivity contribution in [2.45, 2.75) is 43.2 Å². The third-order valence-electron chi connectivity index (χ3n) is 7.86. The fourth-order valence-electron chi connectivity index (χ4n) is 5.85. The van der Waals surface area contributed by atoms with Gasteiger partial charge in [0.25, 0.3) is 0 Å². The van der Waals surface area contributed by atoms with E-state index in [9.17, 15) is 14.7 Å². The van der Waals surface area contributed by atoms with E-state index in [2.05, 4.69) is 43.0 Å². The first-order chi connectivity index (χ1) is 21.9. The van der Waals surface area contributed by atoms with Gasteiger partial charge in [0.15, 0.2) is 23.7 Å². The number of carboxylic acids is 1. The number of fused-ring (bicyclic) bond motifs is 2. The molecule has 4 heterocycles. The Morgan fingerprint density at radius 3 is 2.38 bits per heavy atom. The van der Waals surface area contributed by atoms with Crippen molar-refractivity contribution in [1.82, 2.24) is 15.0 Å². The minimum Gasteiger partial charge on any atom is -0.477 e. The van der Waals surface area contributed by atoms with Crippen molar-refractivity contribution in [3.8, 4) is 5.88 Å². The number of carbonyl (C=O) groups is 2. The lowest BCUT2D eigenvalue weighted by molar-refractivity contribution is -0.202. The van der Waals surface area contributed by atoms with Crippen LogP contribution in [0.2, 0.25) is 0 Å². The van der Waals surface area contributed by atoms with E-state index >= 15 is 0 Å². The summed E-state index contributed by atoms with van der Waals surface area (Å²) in [5, 5.41) is 18.1. The van der Waals surface area contributed by atoms with E-state index in [1.165, 1.54) is 24.7 Å². The smallest absolute Gasteiger partial charge is 0.341 e. The summed E-state index contributed by atoms with van der Waals surface area (Å²) < 4.78 is 25.4. The Balaban J connectivity index is 1.10. The number of nitrogens with one attached hydrogen (secondary N) is 3. The molecule has 3 aliphatic rings. The summed E-state index contributed by atoms with van der Waals surface area (Å²) in [6, 6.07) is 19.4. The topological polar surface area (TPSA) is 192 Å². The second-order valence-corrected chi connectivity index (χ2v) is 10.8. The Morgan fingerprint density at radius 1 is 0.911 bits per heavy atom. The molecule has 0 bridgehead atoms. The molecule has 14 nitrogen and oxygen atoms in total. The number of aromatic carboxylic acids is 1. The first-order valence-electron chi connectivity index (χ1n) is 14.3. The maximum absolute atomic E-state index is 12.6. The van der Waals surface area contributed by atoms with Gasteiger partial charge >= 0.3 is 12.0 Å². The molecular weight excluding hydrogens is 582 g/mol. The van der Waals surface area contributed by atoms with Gasteiger partial charge in [0.05, 0.1) is 0 Å². The summed E-state index contributed by atoms with van der Waals surface area (Å²) in [5.41, 5.74) is 9.27. The van der Waals surface area contributed by atoms with Gasteiger partial charge in [-0.2, -0.15) is 0 Å². The number of rotatable bonds is 8. The number of para-hydroxylation sites is 1. The van der Waals surface area contributed by atoms with Crippen LogP contribution in [0.5, 0.6) is 5.88 Å². The minimum absolute atomic E-state index is 0.0343. The van der Waals surface area contributed by atoms with Crippen LogP contribution in [-0.2, 0) is 27.1 Å². The number of nitrogen functional groups attached to an aromatic ring is 1. The Kier molecular flexibility index (Phi) is 7.37. The highest BCUT2D eigenvalue weighted by atomic mass is 16.8. The zero-order valence-electron chi connectivity index (χ0n) is 23.8. The van der Waals surface area contributed by atoms with Crippen LogP contribution in [0.3, 0.4) is 0 Å². The van der Waals surface area contributed by atoms with E-state index in [-0.39, 0.29) is 35.4 Å². The number of benzene rings is 2. The normalized spacial score (nSPS) is 22.4. The Morgan fingerprint density at radius 2 is 1.62 bits per heavy atom. The molecule has 4 aromatic rings. The van der Waals surface area contributed by atoms with E-state index in [1.54, 1.807) is 24.3 Å². The van der Waals surface area contributed by atoms with Crippen molar-refractivity contribution < 1.29 is 33.6 Å². The second-order valence-electron chi connectivity index (χ2n) is 10.8. The molecule has 7 rings (SSSR count). The summed E-state index contributed by atoms with van der Waals surface area (Å²) in [4.78, 5) is 36.8. The van der Waals surface area contributed by atoms with E-state index < -0.39 is 42.3 Å². The summed E-state index contributed by atoms with van der Waals surface area (Å²) in [6.07, 6.45) is 1.18. The number of hydrogen-bond acceptors (Lipinski definition) is 11. The molecule has 45 heavy (non-hydrogen) atoms. The van der Waals surface area contributed by atoms with Gasteiger partial charge in [-0.25, -0.2) is 24.5 Å². The van der Waals surface area contributed by atoms with Gasteiger partial charge in [0.1, 0.15) is 42.5 Å². The molecule has 4 atom stereocenters. The van der Waals surface area contributed by atoms with E-state index in [1.807, 2.05) is 18.2 Å². The number of pyridine rings is 1. The maximum Gasteiger partial charge on any atom is 0.341 e. The number of carboxylic acid groups (broad SMARTS) is 1. The highest BCUT2D eigenvalue weighted by Crippen LogP contribution is 2.46. The number of hydrogen-bond donors (Lipinski definition) is 5. The first kappa shape index (κ1) is 28.5. The maximum atomic E-state index is 12.6. The number of amides is 2. The molecule has 1 spiro atoms. The van der Waals surface area contributed by atoms with Gasteiger partial charge < -0.3 is 40.4 Å². The lowest BCUT2D eigenvalue weighted by Gasteiger charge is -2.27. The molecule has 4 unspecified atom stereocenters. The average molecular weight is 612 g/mol. The Bertz CT molecular complexity index is 1720. The third-order valence-corrected chi connectivity index (χ3v) is 7.86. The van der Waals surface area contributed by atoms with Crippen LogP contribution in [0, 0.1) is 0 Å². The fraction of sp³-hybridized carbons (Fsp3) is 0.258. The Labute approximate surface area is 256 Å². The van der Waals surface area contributed by atoms with Crippen LogP contribution in [0.4, 0.5) is 27.8 Å². The number of anilines is 4. The molecule has 0 radical (unpaired) electrons. The number of urea groups is 1. The molecule has 1 aliphatic carbocycles. The fourth-order valence-corrected chi connectivity index (χ4v) is 5.85. The Hall–Kier alpha value is -5.31. The molecule has 2 aromatic heterocycles. The minimum atomic E-state index is -1.16. The van der Waals surface area contributed by atoms with Crippen molar-refractivity contribution in [3.05, 3.63) is 95.9 Å². The van der Waals surface area contributed by atoms with Crippen molar-refractivity contribution in [2.24, 2.45) is 0 Å². The van der Waals surface area contributed by atoms with E-state index in [4.69, 9.17) is 24.7 Å². The van der Waals surface area contributed by atoms with Crippen LogP contribution < -0.4 is 26.4 Å². The van der Waals surface area contributed by atoms with E-state index in [0.29, 0.717) is 18.5 Å². The highest BCUT2D eigenvalue weighted by molar-refractivity contribution is 6.01. The number of nitrogens with two attached hydrogens (primary N) is 1. The molecule has 6 N–H and O–H groups in total. The van der Waals surface area contributed by atoms with Crippen molar-refractivity contribution in [2.75, 3.05) is 28.3 Å². The van der Waals surface area contributed by atoms with Crippen LogP contribution in [0.1, 0.15) is 21.5 Å². The number of ether oxygens (including phenoxy) is 4. The molecule has 0 saturated carbocycles. The SMILES string of the molecule is Nc1c(NC(=O)Nc2ccccc2)ncnc1NC1OC(COc2ncccc2C(=O)O)C2OC3(Cc4ccccc4C3)OC12. The quantitative estimate of drug-likeness (QED) is 0.196. The highest BCUT2D eigenvalue weighted by Gasteiger charge is 2.60. The summed E-state index contributed by atoms with van der Waals surface area (Å²) in [7, 11) is 0. The largest absolute Gasteiger partial charge is 0.477 e. The predicted octanol–water partition coefficient (Wildman–Crippen LogP) is 3.29. The molecule has 230 valence electrons. The van der Waals surface area contributed by atoms with Crippen LogP contribution in [0.25, 0.3) is 0 Å². The first-order valence-corrected chi connectivity index (χ1v) is 14.3. The van der Waals surface area contributed by atoms with Gasteiger partial charge in [-0.15, -0.1) is 0 Å². The van der Waals surface area contributed by atoms with Gasteiger partial charge in [-0.1, -0.05) is 42.5 Å². The number of carbonyl (C=O) groups excluding carboxylic acids is 1. The van der Waals surface area contributed by atoms with Crippen molar-refractivity contribution >= 4 is 35.0 Å². The molecule has 2 fully saturated rings. The average Bonchev–Trinajstić information content (AvgIpc) is 3.69. The van der Waals surface area contributed by atoms with Crippen LogP contribution >= 0.6 is 0 Å². The van der Waals surface area contributed by atoms with Gasteiger partial charge in [-0.05, 0) is 35.4 Å². The molecule has 2 saturated heterocycles. The van der Waals surface area contributed by atoms with Gasteiger partial charge in [0.2, 0.25) is 5.88 Å². The monoisotopic (exact) mass is 611 g/mol. The summed E-state index contributed by atoms with van der Waals surface area (Å²) in [5.74, 6) is -1.79. The lowest BCUT2D eigenvalue weighted by Crippen LogP contribution is -2.39. The van der Waals surface area contributed by atoms with Crippen molar-refractivity contribution in [3.63, 3.8) is 0 Å². The number of nitrogens with zero attached hydrogens (tertiary/aromatic N) is 3. The van der Waals surface area contributed by atoms with Crippen LogP contribution in [-0.4, -0.2) is 69.0 Å². The molecule has 2 aliphatic heterocycles. The standard InChI is InChI=1S/C31H29N7O7/c32-22-25(34-16-35-26(22)38-30(41)36-19-9-2-1-3-10-19)37-28-24-23(44-31(45-24)13-17-7-4-5-8-18(17)14-31)21(43-28)15-42-27-20(29(39)40)11-6-12-33-27/h1-12,16,21,23-24,28H,13-15,32H2,(H,39,40)(H3,34,35,36,37,38,41). The van der Waals surface area contributed by atoms with Crippen LogP contribution in [0.15, 0.2) is 79.3 Å². The lowest BCUT2D eigenvalue weighted by atomic mass is 10.1. The second kappa shape index (κ2) is 11.6. The van der Waals surface area contributed by atoms with Gasteiger partial charge in [-0.3, -0.25) is 5.32 Å². The zero-order valence-corrected chi connectivity index (χ0v) is 23.8. The molecule has 2 aromatic carbocycles. The van der Waals surface area contributed by atoms with Crippen molar-refractivity contribution in [1.29, 1.82) is 0 Å². The predicted molar refractivity (Wildman–Crippen MR) is 161 cm³/mol.